The summed E-state index contributed by atoms with van der Waals surface area (Å²) in [6.07, 6.45) is 0. The standard InChI is InChI=1S/C24H28NO4P/c1-18(23(26)28-17-19-11-6-5-7-12-19)25-30(27,24(2,3)4)29-22-16-10-14-20-13-8-9-15-21(20)22/h5-16,18H,17H2,1-4H3,(H,25,27)/t18-,30?/m0/s1. The topological polar surface area (TPSA) is 64.6 Å². The van der Waals surface area contributed by atoms with E-state index in [0.717, 1.165) is 16.3 Å². The Morgan fingerprint density at radius 2 is 1.60 bits per heavy atom. The van der Waals surface area contributed by atoms with Crippen LogP contribution in [-0.2, 0) is 20.7 Å². The lowest BCUT2D eigenvalue weighted by Crippen LogP contribution is -2.39. The van der Waals surface area contributed by atoms with Gasteiger partial charge in [0.2, 0.25) is 0 Å². The van der Waals surface area contributed by atoms with Crippen molar-refractivity contribution in [1.82, 2.24) is 5.09 Å². The Labute approximate surface area is 177 Å². The molecule has 0 radical (unpaired) electrons. The first-order valence-corrected chi connectivity index (χ1v) is 11.6. The number of hydrogen-bond acceptors (Lipinski definition) is 4. The third-order valence-corrected chi connectivity index (χ3v) is 7.75. The highest BCUT2D eigenvalue weighted by molar-refractivity contribution is 7.59. The van der Waals surface area contributed by atoms with E-state index in [0.29, 0.717) is 5.75 Å². The van der Waals surface area contributed by atoms with Crippen molar-refractivity contribution in [3.05, 3.63) is 78.4 Å². The van der Waals surface area contributed by atoms with Gasteiger partial charge in [0.15, 0.2) is 0 Å². The monoisotopic (exact) mass is 425 g/mol. The first kappa shape index (κ1) is 22.1. The second kappa shape index (κ2) is 9.03. The van der Waals surface area contributed by atoms with Crippen molar-refractivity contribution >= 4 is 24.3 Å². The molecule has 0 amide bonds. The van der Waals surface area contributed by atoms with Gasteiger partial charge in [-0.2, -0.15) is 0 Å². The zero-order chi connectivity index (χ0) is 21.8. The van der Waals surface area contributed by atoms with E-state index in [9.17, 15) is 9.36 Å². The molecular formula is C24H28NO4P. The first-order valence-electron chi connectivity index (χ1n) is 9.95. The van der Waals surface area contributed by atoms with E-state index >= 15 is 0 Å². The smallest absolute Gasteiger partial charge is 0.323 e. The van der Waals surface area contributed by atoms with Crippen molar-refractivity contribution in [2.45, 2.75) is 45.5 Å². The van der Waals surface area contributed by atoms with Gasteiger partial charge in [-0.1, -0.05) is 66.7 Å². The normalized spacial score (nSPS) is 14.7. The Balaban J connectivity index is 1.78. The van der Waals surface area contributed by atoms with Crippen LogP contribution in [0.1, 0.15) is 33.3 Å². The molecule has 3 rings (SSSR count). The maximum atomic E-state index is 13.9. The highest BCUT2D eigenvalue weighted by Crippen LogP contribution is 2.56. The molecule has 0 fully saturated rings. The van der Waals surface area contributed by atoms with Gasteiger partial charge < -0.3 is 9.26 Å². The molecule has 158 valence electrons. The van der Waals surface area contributed by atoms with Crippen LogP contribution in [-0.4, -0.2) is 17.2 Å². The molecule has 6 heteroatoms. The molecule has 0 aliphatic rings. The van der Waals surface area contributed by atoms with Gasteiger partial charge >= 0.3 is 13.5 Å². The number of carbonyl (C=O) groups excluding carboxylic acids is 1. The lowest BCUT2D eigenvalue weighted by molar-refractivity contribution is -0.146. The third kappa shape index (κ3) is 5.10. The summed E-state index contributed by atoms with van der Waals surface area (Å²) in [6, 6.07) is 22.0. The fourth-order valence-electron chi connectivity index (χ4n) is 2.93. The van der Waals surface area contributed by atoms with Crippen LogP contribution in [0.5, 0.6) is 5.75 Å². The number of ether oxygens (including phenoxy) is 1. The summed E-state index contributed by atoms with van der Waals surface area (Å²) in [5.74, 6) is 0.0357. The van der Waals surface area contributed by atoms with Gasteiger partial charge in [-0.05, 0) is 44.7 Å². The lowest BCUT2D eigenvalue weighted by Gasteiger charge is -2.33. The van der Waals surface area contributed by atoms with Crippen LogP contribution >= 0.6 is 7.52 Å². The number of benzene rings is 3. The first-order chi connectivity index (χ1) is 14.2. The van der Waals surface area contributed by atoms with Crippen LogP contribution < -0.4 is 9.61 Å². The molecule has 0 saturated carbocycles. The molecule has 0 heterocycles. The van der Waals surface area contributed by atoms with Crippen molar-refractivity contribution in [2.75, 3.05) is 0 Å². The summed E-state index contributed by atoms with van der Waals surface area (Å²) in [4.78, 5) is 12.5. The van der Waals surface area contributed by atoms with Crippen molar-refractivity contribution in [2.24, 2.45) is 0 Å². The average Bonchev–Trinajstić information content (AvgIpc) is 2.72. The number of fused-ring (bicyclic) bond motifs is 1. The van der Waals surface area contributed by atoms with E-state index in [1.807, 2.05) is 87.5 Å². The van der Waals surface area contributed by atoms with Gasteiger partial charge in [-0.15, -0.1) is 0 Å². The van der Waals surface area contributed by atoms with Gasteiger partial charge in [0.25, 0.3) is 0 Å². The van der Waals surface area contributed by atoms with Crippen molar-refractivity contribution < 1.29 is 18.6 Å². The minimum Gasteiger partial charge on any atom is -0.460 e. The summed E-state index contributed by atoms with van der Waals surface area (Å²) in [5.41, 5.74) is 0.893. The predicted molar refractivity (Wildman–Crippen MR) is 121 cm³/mol. The number of rotatable bonds is 7. The fraction of sp³-hybridized carbons (Fsp3) is 0.292. The second-order valence-electron chi connectivity index (χ2n) is 8.23. The van der Waals surface area contributed by atoms with E-state index in [1.54, 1.807) is 13.0 Å². The Morgan fingerprint density at radius 1 is 0.967 bits per heavy atom. The van der Waals surface area contributed by atoms with E-state index in [1.165, 1.54) is 0 Å². The molecule has 0 aliphatic heterocycles. The van der Waals surface area contributed by atoms with Crippen LogP contribution in [0, 0.1) is 0 Å². The molecular weight excluding hydrogens is 397 g/mol. The zero-order valence-corrected chi connectivity index (χ0v) is 18.7. The molecule has 1 N–H and O–H groups in total. The Hall–Kier alpha value is -2.62. The van der Waals surface area contributed by atoms with E-state index in [2.05, 4.69) is 5.09 Å². The number of hydrogen-bond donors (Lipinski definition) is 1. The molecule has 0 aliphatic carbocycles. The summed E-state index contributed by atoms with van der Waals surface area (Å²) in [7, 11) is -3.49. The molecule has 3 aromatic carbocycles. The quantitative estimate of drug-likeness (QED) is 0.375. The highest BCUT2D eigenvalue weighted by Gasteiger charge is 2.42. The summed E-state index contributed by atoms with van der Waals surface area (Å²) < 4.78 is 25.4. The van der Waals surface area contributed by atoms with Crippen LogP contribution in [0.2, 0.25) is 0 Å². The summed E-state index contributed by atoms with van der Waals surface area (Å²) >= 11 is 0. The van der Waals surface area contributed by atoms with Gasteiger partial charge in [0.1, 0.15) is 18.4 Å². The zero-order valence-electron chi connectivity index (χ0n) is 17.8. The fourth-order valence-corrected chi connectivity index (χ4v) is 4.70. The largest absolute Gasteiger partial charge is 0.460 e. The maximum Gasteiger partial charge on any atom is 0.323 e. The minimum atomic E-state index is -3.49. The van der Waals surface area contributed by atoms with Gasteiger partial charge in [0, 0.05) is 5.39 Å². The summed E-state index contributed by atoms with van der Waals surface area (Å²) in [6.45, 7) is 7.28. The molecule has 0 saturated heterocycles. The lowest BCUT2D eigenvalue weighted by atomic mass is 10.1. The Morgan fingerprint density at radius 3 is 2.30 bits per heavy atom. The van der Waals surface area contributed by atoms with Crippen molar-refractivity contribution in [3.63, 3.8) is 0 Å². The Kier molecular flexibility index (Phi) is 6.64. The van der Waals surface area contributed by atoms with Gasteiger partial charge in [-0.3, -0.25) is 9.36 Å². The molecule has 30 heavy (non-hydrogen) atoms. The molecule has 0 aromatic heterocycles. The SMILES string of the molecule is C[C@H](NP(=O)(Oc1cccc2ccccc12)C(C)(C)C)C(=O)OCc1ccccc1. The van der Waals surface area contributed by atoms with Crippen LogP contribution in [0.25, 0.3) is 10.8 Å². The van der Waals surface area contributed by atoms with Gasteiger partial charge in [0.05, 0.1) is 5.16 Å². The Bertz CT molecular complexity index is 1050. The predicted octanol–water partition coefficient (Wildman–Crippen LogP) is 5.93. The number of nitrogens with one attached hydrogen (secondary N) is 1. The molecule has 5 nitrogen and oxygen atoms in total. The van der Waals surface area contributed by atoms with E-state index in [4.69, 9.17) is 9.26 Å². The average molecular weight is 425 g/mol. The summed E-state index contributed by atoms with van der Waals surface area (Å²) in [5, 5.41) is 4.06. The third-order valence-electron chi connectivity index (χ3n) is 4.80. The molecule has 0 spiro atoms. The second-order valence-corrected chi connectivity index (χ2v) is 11.1. The molecule has 2 atom stereocenters. The number of esters is 1. The minimum absolute atomic E-state index is 0.162. The van der Waals surface area contributed by atoms with Crippen molar-refractivity contribution in [3.8, 4) is 5.75 Å². The maximum absolute atomic E-state index is 13.9. The van der Waals surface area contributed by atoms with E-state index in [-0.39, 0.29) is 6.61 Å². The molecule has 0 bridgehead atoms. The van der Waals surface area contributed by atoms with E-state index < -0.39 is 24.7 Å². The van der Waals surface area contributed by atoms with Gasteiger partial charge in [-0.25, -0.2) is 5.09 Å². The van der Waals surface area contributed by atoms with Crippen LogP contribution in [0.3, 0.4) is 0 Å². The molecule has 3 aromatic rings. The number of carbonyl (C=O) groups is 1. The molecule has 1 unspecified atom stereocenters. The van der Waals surface area contributed by atoms with Crippen LogP contribution in [0.4, 0.5) is 0 Å². The van der Waals surface area contributed by atoms with Crippen molar-refractivity contribution in [1.29, 1.82) is 0 Å². The van der Waals surface area contributed by atoms with Crippen LogP contribution in [0.15, 0.2) is 72.8 Å². The highest BCUT2D eigenvalue weighted by atomic mass is 31.2.